The molecular formula is C19H17F2N7O. The molecule has 8 nitrogen and oxygen atoms in total. The van der Waals surface area contributed by atoms with E-state index in [-0.39, 0.29) is 5.89 Å². The van der Waals surface area contributed by atoms with Gasteiger partial charge in [0.05, 0.1) is 23.5 Å². The Hall–Kier alpha value is -3.53. The number of alkyl halides is 2. The summed E-state index contributed by atoms with van der Waals surface area (Å²) < 4.78 is 31.9. The summed E-state index contributed by atoms with van der Waals surface area (Å²) >= 11 is 0. The van der Waals surface area contributed by atoms with Gasteiger partial charge in [0.25, 0.3) is 5.89 Å². The van der Waals surface area contributed by atoms with Crippen LogP contribution >= 0.6 is 0 Å². The zero-order chi connectivity index (χ0) is 20.2. The van der Waals surface area contributed by atoms with Crippen molar-refractivity contribution in [1.29, 1.82) is 0 Å². The predicted molar refractivity (Wildman–Crippen MR) is 99.8 cm³/mol. The molecule has 29 heavy (non-hydrogen) atoms. The maximum atomic E-state index is 12.6. The molecule has 0 spiro atoms. The van der Waals surface area contributed by atoms with Gasteiger partial charge < -0.3 is 9.73 Å². The summed E-state index contributed by atoms with van der Waals surface area (Å²) in [4.78, 5) is 4.36. The molecule has 1 N–H and O–H groups in total. The average Bonchev–Trinajstić information content (AvgIpc) is 3.38. The molecule has 3 aromatic heterocycles. The Morgan fingerprint density at radius 1 is 1.03 bits per heavy atom. The molecule has 0 unspecified atom stereocenters. The third-order valence-corrected chi connectivity index (χ3v) is 4.24. The topological polar surface area (TPSA) is 94.6 Å². The van der Waals surface area contributed by atoms with Crippen molar-refractivity contribution in [3.05, 3.63) is 65.9 Å². The molecule has 0 saturated heterocycles. The van der Waals surface area contributed by atoms with E-state index in [1.54, 1.807) is 16.8 Å². The molecule has 0 saturated carbocycles. The normalized spacial score (nSPS) is 11.3. The van der Waals surface area contributed by atoms with Crippen molar-refractivity contribution in [3.63, 3.8) is 0 Å². The molecule has 0 bridgehead atoms. The quantitative estimate of drug-likeness (QED) is 0.512. The minimum absolute atomic E-state index is 0.00217. The Bertz CT molecular complexity index is 1080. The SMILES string of the molecule is CNCc1c(-c2ccccc2)nnn1Cc1ccc(-c2nnc(C(F)F)o2)cn1. The molecule has 148 valence electrons. The molecule has 0 aliphatic carbocycles. The van der Waals surface area contributed by atoms with Gasteiger partial charge in [0.15, 0.2) is 0 Å². The molecule has 0 aliphatic heterocycles. The summed E-state index contributed by atoms with van der Waals surface area (Å²) in [5, 5.41) is 18.7. The second-order valence-corrected chi connectivity index (χ2v) is 6.22. The summed E-state index contributed by atoms with van der Waals surface area (Å²) in [5.74, 6) is -0.709. The fourth-order valence-electron chi connectivity index (χ4n) is 2.86. The Kier molecular flexibility index (Phi) is 5.34. The van der Waals surface area contributed by atoms with E-state index in [1.165, 1.54) is 6.20 Å². The predicted octanol–water partition coefficient (Wildman–Crippen LogP) is 3.10. The molecule has 0 aliphatic rings. The number of pyridine rings is 1. The van der Waals surface area contributed by atoms with E-state index in [0.29, 0.717) is 18.7 Å². The first kappa shape index (κ1) is 18.8. The number of nitrogens with zero attached hydrogens (tertiary/aromatic N) is 6. The lowest BCUT2D eigenvalue weighted by Gasteiger charge is -2.08. The van der Waals surface area contributed by atoms with Crippen LogP contribution in [-0.4, -0.2) is 37.2 Å². The van der Waals surface area contributed by atoms with Crippen LogP contribution < -0.4 is 5.32 Å². The van der Waals surface area contributed by atoms with Crippen LogP contribution in [0.25, 0.3) is 22.7 Å². The highest BCUT2D eigenvalue weighted by atomic mass is 19.3. The molecule has 0 fully saturated rings. The van der Waals surface area contributed by atoms with Gasteiger partial charge in [-0.1, -0.05) is 35.5 Å². The summed E-state index contributed by atoms with van der Waals surface area (Å²) in [5.41, 5.74) is 3.92. The van der Waals surface area contributed by atoms with Gasteiger partial charge in [0.2, 0.25) is 5.89 Å². The second kappa shape index (κ2) is 8.23. The molecule has 0 atom stereocenters. The number of hydrogen-bond donors (Lipinski definition) is 1. The average molecular weight is 397 g/mol. The van der Waals surface area contributed by atoms with E-state index in [4.69, 9.17) is 4.42 Å². The standard InChI is InChI=1S/C19H17F2N7O/c1-22-10-15-16(12-5-3-2-4-6-12)24-27-28(15)11-14-8-7-13(9-23-14)18-25-26-19(29-18)17(20)21/h2-9,17,22H,10-11H2,1H3. The van der Waals surface area contributed by atoms with E-state index in [0.717, 1.165) is 22.6 Å². The first-order valence-electron chi connectivity index (χ1n) is 8.85. The Morgan fingerprint density at radius 3 is 2.52 bits per heavy atom. The van der Waals surface area contributed by atoms with Gasteiger partial charge >= 0.3 is 6.43 Å². The molecule has 4 rings (SSSR count). The zero-order valence-electron chi connectivity index (χ0n) is 15.5. The van der Waals surface area contributed by atoms with Gasteiger partial charge in [-0.05, 0) is 19.2 Å². The van der Waals surface area contributed by atoms with Gasteiger partial charge in [-0.25, -0.2) is 4.68 Å². The fourth-order valence-corrected chi connectivity index (χ4v) is 2.86. The van der Waals surface area contributed by atoms with Crippen molar-refractivity contribution in [1.82, 2.24) is 35.5 Å². The van der Waals surface area contributed by atoms with Crippen molar-refractivity contribution in [3.8, 4) is 22.7 Å². The first-order valence-corrected chi connectivity index (χ1v) is 8.85. The molecule has 3 heterocycles. The van der Waals surface area contributed by atoms with Crippen LogP contribution in [-0.2, 0) is 13.1 Å². The molecule has 0 amide bonds. The molecule has 1 aromatic carbocycles. The number of aromatic nitrogens is 6. The lowest BCUT2D eigenvalue weighted by Crippen LogP contribution is -2.14. The molecule has 4 aromatic rings. The minimum atomic E-state index is -2.81. The summed E-state index contributed by atoms with van der Waals surface area (Å²) in [6.07, 6.45) is -1.30. The smallest absolute Gasteiger partial charge is 0.314 e. The van der Waals surface area contributed by atoms with E-state index in [2.05, 4.69) is 30.8 Å². The Balaban J connectivity index is 1.57. The van der Waals surface area contributed by atoms with Crippen LogP contribution in [0.3, 0.4) is 0 Å². The van der Waals surface area contributed by atoms with E-state index >= 15 is 0 Å². The van der Waals surface area contributed by atoms with Gasteiger partial charge in [0, 0.05) is 18.3 Å². The van der Waals surface area contributed by atoms with Crippen LogP contribution in [0.4, 0.5) is 8.78 Å². The van der Waals surface area contributed by atoms with E-state index < -0.39 is 12.3 Å². The van der Waals surface area contributed by atoms with Gasteiger partial charge in [-0.3, -0.25) is 4.98 Å². The molecular weight excluding hydrogens is 380 g/mol. The Morgan fingerprint density at radius 2 is 1.86 bits per heavy atom. The van der Waals surface area contributed by atoms with Gasteiger partial charge in [-0.2, -0.15) is 8.78 Å². The highest BCUT2D eigenvalue weighted by Gasteiger charge is 2.18. The third-order valence-electron chi connectivity index (χ3n) is 4.24. The van der Waals surface area contributed by atoms with Crippen LogP contribution in [0.2, 0.25) is 0 Å². The van der Waals surface area contributed by atoms with E-state index in [9.17, 15) is 8.78 Å². The largest absolute Gasteiger partial charge is 0.415 e. The number of rotatable bonds is 7. The monoisotopic (exact) mass is 397 g/mol. The second-order valence-electron chi connectivity index (χ2n) is 6.22. The highest BCUT2D eigenvalue weighted by Crippen LogP contribution is 2.24. The lowest BCUT2D eigenvalue weighted by molar-refractivity contribution is 0.116. The first-order chi connectivity index (χ1) is 14.2. The van der Waals surface area contributed by atoms with Crippen molar-refractivity contribution < 1.29 is 13.2 Å². The summed E-state index contributed by atoms with van der Waals surface area (Å²) in [7, 11) is 1.86. The zero-order valence-corrected chi connectivity index (χ0v) is 15.5. The van der Waals surface area contributed by atoms with Crippen LogP contribution in [0.1, 0.15) is 23.7 Å². The van der Waals surface area contributed by atoms with Gasteiger partial charge in [0.1, 0.15) is 5.69 Å². The van der Waals surface area contributed by atoms with E-state index in [1.807, 2.05) is 37.4 Å². The summed E-state index contributed by atoms with van der Waals surface area (Å²) in [6, 6.07) is 13.3. The van der Waals surface area contributed by atoms with Crippen molar-refractivity contribution >= 4 is 0 Å². The van der Waals surface area contributed by atoms with Crippen LogP contribution in [0.5, 0.6) is 0 Å². The van der Waals surface area contributed by atoms with Crippen LogP contribution in [0, 0.1) is 0 Å². The number of nitrogens with one attached hydrogen (secondary N) is 1. The third kappa shape index (κ3) is 4.02. The minimum Gasteiger partial charge on any atom is -0.415 e. The van der Waals surface area contributed by atoms with Crippen LogP contribution in [0.15, 0.2) is 53.1 Å². The molecule has 0 radical (unpaired) electrons. The van der Waals surface area contributed by atoms with Crippen molar-refractivity contribution in [2.24, 2.45) is 0 Å². The number of halogens is 2. The maximum absolute atomic E-state index is 12.6. The summed E-state index contributed by atoms with van der Waals surface area (Å²) in [6.45, 7) is 0.997. The molecule has 10 heteroatoms. The fraction of sp³-hybridized carbons (Fsp3) is 0.211. The van der Waals surface area contributed by atoms with Gasteiger partial charge in [-0.15, -0.1) is 15.3 Å². The van der Waals surface area contributed by atoms with Crippen molar-refractivity contribution in [2.45, 2.75) is 19.5 Å². The maximum Gasteiger partial charge on any atom is 0.314 e. The highest BCUT2D eigenvalue weighted by molar-refractivity contribution is 5.61. The Labute approximate surface area is 164 Å². The number of benzene rings is 1. The van der Waals surface area contributed by atoms with Crippen molar-refractivity contribution in [2.75, 3.05) is 7.05 Å². The lowest BCUT2D eigenvalue weighted by atomic mass is 10.1. The number of hydrogen-bond acceptors (Lipinski definition) is 7.